The van der Waals surface area contributed by atoms with E-state index in [2.05, 4.69) is 21.2 Å². The largest absolute Gasteiger partial charge is 0.326 e. The van der Waals surface area contributed by atoms with E-state index in [4.69, 9.17) is 23.2 Å². The van der Waals surface area contributed by atoms with E-state index in [1.165, 1.54) is 4.31 Å². The number of anilines is 2. The third-order valence-electron chi connectivity index (χ3n) is 3.81. The van der Waals surface area contributed by atoms with Crippen molar-refractivity contribution in [3.63, 3.8) is 0 Å². The molecule has 0 fully saturated rings. The maximum absolute atomic E-state index is 12.2. The minimum Gasteiger partial charge on any atom is -0.326 e. The lowest BCUT2D eigenvalue weighted by Gasteiger charge is -2.24. The molecule has 0 saturated heterocycles. The predicted octanol–water partition coefficient (Wildman–Crippen LogP) is 5.25. The van der Waals surface area contributed by atoms with E-state index in [1.54, 1.807) is 36.4 Å². The van der Waals surface area contributed by atoms with E-state index in [-0.39, 0.29) is 18.9 Å². The van der Waals surface area contributed by atoms with Crippen LogP contribution in [0.5, 0.6) is 0 Å². The molecule has 0 atom stereocenters. The molecule has 0 bridgehead atoms. The third kappa shape index (κ3) is 6.38. The third-order valence-corrected chi connectivity index (χ3v) is 6.46. The summed E-state index contributed by atoms with van der Waals surface area (Å²) in [7, 11) is -3.50. The van der Waals surface area contributed by atoms with Crippen LogP contribution < -0.4 is 9.62 Å². The zero-order valence-electron chi connectivity index (χ0n) is 14.8. The molecule has 0 aliphatic carbocycles. The highest BCUT2D eigenvalue weighted by atomic mass is 79.9. The maximum Gasteiger partial charge on any atom is 0.232 e. The summed E-state index contributed by atoms with van der Waals surface area (Å²) in [5, 5.41) is 3.70. The SMILES string of the molecule is Cc1ccc(Cl)cc1N(CCCC(=O)Nc1ccc(Br)c(Cl)c1)S(C)(=O)=O. The van der Waals surface area contributed by atoms with Gasteiger partial charge in [-0.1, -0.05) is 29.3 Å². The Kier molecular flexibility index (Phi) is 7.56. The fourth-order valence-corrected chi connectivity index (χ4v) is 4.11. The molecule has 1 amide bonds. The lowest BCUT2D eigenvalue weighted by atomic mass is 10.2. The smallest absolute Gasteiger partial charge is 0.232 e. The molecule has 0 spiro atoms. The zero-order valence-corrected chi connectivity index (χ0v) is 18.7. The number of sulfonamides is 1. The Morgan fingerprint density at radius 1 is 1.19 bits per heavy atom. The number of aryl methyl sites for hydroxylation is 1. The van der Waals surface area contributed by atoms with Gasteiger partial charge in [-0.25, -0.2) is 8.42 Å². The molecule has 0 aliphatic heterocycles. The highest BCUT2D eigenvalue weighted by molar-refractivity contribution is 9.10. The summed E-state index contributed by atoms with van der Waals surface area (Å²) >= 11 is 15.3. The Bertz CT molecular complexity index is 952. The van der Waals surface area contributed by atoms with Gasteiger partial charge in [0, 0.05) is 28.1 Å². The summed E-state index contributed by atoms with van der Waals surface area (Å²) in [5.41, 5.74) is 1.89. The lowest BCUT2D eigenvalue weighted by molar-refractivity contribution is -0.116. The molecule has 2 rings (SSSR count). The van der Waals surface area contributed by atoms with Crippen LogP contribution in [-0.2, 0) is 14.8 Å². The quantitative estimate of drug-likeness (QED) is 0.572. The van der Waals surface area contributed by atoms with Gasteiger partial charge in [-0.15, -0.1) is 0 Å². The standard InChI is InChI=1S/C18H19BrCl2N2O3S/c1-12-5-6-13(20)10-17(12)23(27(2,25)26)9-3-4-18(24)22-14-7-8-15(19)16(21)11-14/h5-8,10-11H,3-4,9H2,1-2H3,(H,22,24). The second-order valence-corrected chi connectivity index (χ2v) is 9.65. The van der Waals surface area contributed by atoms with Gasteiger partial charge in [0.25, 0.3) is 0 Å². The Labute approximate surface area is 177 Å². The van der Waals surface area contributed by atoms with Crippen LogP contribution in [0.15, 0.2) is 40.9 Å². The van der Waals surface area contributed by atoms with Crippen LogP contribution in [0, 0.1) is 6.92 Å². The van der Waals surface area contributed by atoms with Crippen LogP contribution in [0.4, 0.5) is 11.4 Å². The van der Waals surface area contributed by atoms with Gasteiger partial charge in [-0.3, -0.25) is 9.10 Å². The van der Waals surface area contributed by atoms with Crippen molar-refractivity contribution in [2.24, 2.45) is 0 Å². The number of rotatable bonds is 7. The van der Waals surface area contributed by atoms with Crippen molar-refractivity contribution < 1.29 is 13.2 Å². The van der Waals surface area contributed by atoms with Crippen molar-refractivity contribution in [1.82, 2.24) is 0 Å². The molecule has 5 nitrogen and oxygen atoms in total. The van der Waals surface area contributed by atoms with E-state index in [9.17, 15) is 13.2 Å². The summed E-state index contributed by atoms with van der Waals surface area (Å²) in [6.07, 6.45) is 1.66. The average Bonchev–Trinajstić information content (AvgIpc) is 2.56. The molecule has 0 aliphatic rings. The summed E-state index contributed by atoms with van der Waals surface area (Å²) in [5.74, 6) is -0.218. The fraction of sp³-hybridized carbons (Fsp3) is 0.278. The van der Waals surface area contributed by atoms with Gasteiger partial charge < -0.3 is 5.32 Å². The number of benzene rings is 2. The van der Waals surface area contributed by atoms with Crippen molar-refractivity contribution in [1.29, 1.82) is 0 Å². The van der Waals surface area contributed by atoms with Gasteiger partial charge in [0.1, 0.15) is 0 Å². The first-order chi connectivity index (χ1) is 12.6. The number of hydrogen-bond donors (Lipinski definition) is 1. The van der Waals surface area contributed by atoms with E-state index in [1.807, 2.05) is 6.92 Å². The van der Waals surface area contributed by atoms with Gasteiger partial charge in [0.15, 0.2) is 0 Å². The van der Waals surface area contributed by atoms with Crippen molar-refractivity contribution in [3.05, 3.63) is 56.5 Å². The van der Waals surface area contributed by atoms with Gasteiger partial charge in [-0.2, -0.15) is 0 Å². The average molecular weight is 494 g/mol. The first-order valence-electron chi connectivity index (χ1n) is 8.06. The van der Waals surface area contributed by atoms with Crippen LogP contribution in [0.1, 0.15) is 18.4 Å². The summed E-state index contributed by atoms with van der Waals surface area (Å²) in [6, 6.07) is 10.2. The molecule has 0 aromatic heterocycles. The van der Waals surface area contributed by atoms with Crippen LogP contribution in [-0.4, -0.2) is 27.1 Å². The molecule has 0 unspecified atom stereocenters. The Balaban J connectivity index is 2.02. The van der Waals surface area contributed by atoms with Crippen molar-refractivity contribution in [2.75, 3.05) is 22.4 Å². The van der Waals surface area contributed by atoms with E-state index in [0.717, 1.165) is 16.3 Å². The number of halogens is 3. The highest BCUT2D eigenvalue weighted by Gasteiger charge is 2.19. The molecule has 1 N–H and O–H groups in total. The first-order valence-corrected chi connectivity index (χ1v) is 11.5. The monoisotopic (exact) mass is 492 g/mol. The van der Waals surface area contributed by atoms with Gasteiger partial charge >= 0.3 is 0 Å². The van der Waals surface area contributed by atoms with Crippen LogP contribution in [0.3, 0.4) is 0 Å². The number of nitrogens with one attached hydrogen (secondary N) is 1. The molecule has 146 valence electrons. The van der Waals surface area contributed by atoms with E-state index >= 15 is 0 Å². The van der Waals surface area contributed by atoms with Gasteiger partial charge in [0.2, 0.25) is 15.9 Å². The topological polar surface area (TPSA) is 66.5 Å². The van der Waals surface area contributed by atoms with Crippen molar-refractivity contribution >= 4 is 66.4 Å². The molecular formula is C18H19BrCl2N2O3S. The molecule has 0 heterocycles. The Morgan fingerprint density at radius 3 is 2.52 bits per heavy atom. The summed E-state index contributed by atoms with van der Waals surface area (Å²) in [4.78, 5) is 12.1. The first kappa shape index (κ1) is 22.0. The van der Waals surface area contributed by atoms with Crippen LogP contribution in [0.2, 0.25) is 10.0 Å². The molecule has 0 saturated carbocycles. The normalized spacial score (nSPS) is 11.3. The Morgan fingerprint density at radius 2 is 1.89 bits per heavy atom. The van der Waals surface area contributed by atoms with Crippen molar-refractivity contribution in [2.45, 2.75) is 19.8 Å². The number of amides is 1. The minimum absolute atomic E-state index is 0.166. The maximum atomic E-state index is 12.2. The number of carbonyl (C=O) groups excluding carboxylic acids is 1. The number of nitrogens with zero attached hydrogens (tertiary/aromatic N) is 1. The van der Waals surface area contributed by atoms with E-state index in [0.29, 0.717) is 27.8 Å². The second-order valence-electron chi connectivity index (χ2n) is 6.05. The molecule has 0 radical (unpaired) electrons. The van der Waals surface area contributed by atoms with Crippen molar-refractivity contribution in [3.8, 4) is 0 Å². The zero-order chi connectivity index (χ0) is 20.2. The fourth-order valence-electron chi connectivity index (χ4n) is 2.50. The minimum atomic E-state index is -3.50. The number of carbonyl (C=O) groups is 1. The van der Waals surface area contributed by atoms with Crippen LogP contribution >= 0.6 is 39.1 Å². The molecule has 9 heteroatoms. The van der Waals surface area contributed by atoms with Crippen LogP contribution in [0.25, 0.3) is 0 Å². The van der Waals surface area contributed by atoms with Gasteiger partial charge in [0.05, 0.1) is 17.0 Å². The van der Waals surface area contributed by atoms with Gasteiger partial charge in [-0.05, 0) is 65.2 Å². The molecule has 27 heavy (non-hydrogen) atoms. The lowest BCUT2D eigenvalue weighted by Crippen LogP contribution is -2.32. The summed E-state index contributed by atoms with van der Waals surface area (Å²) < 4.78 is 26.4. The molecule has 2 aromatic carbocycles. The number of hydrogen-bond acceptors (Lipinski definition) is 3. The molecule has 2 aromatic rings. The predicted molar refractivity (Wildman–Crippen MR) is 115 cm³/mol. The highest BCUT2D eigenvalue weighted by Crippen LogP contribution is 2.27. The summed E-state index contributed by atoms with van der Waals surface area (Å²) in [6.45, 7) is 1.99. The molecular weight excluding hydrogens is 475 g/mol. The second kappa shape index (κ2) is 9.28. The van der Waals surface area contributed by atoms with E-state index < -0.39 is 10.0 Å². The Hall–Kier alpha value is -1.28.